The quantitative estimate of drug-likeness (QED) is 0.202. The highest BCUT2D eigenvalue weighted by molar-refractivity contribution is 6.31. The SMILES string of the molecule is COc1cc(C=CC2C3=CCC4C(=O)N(CCCC(=O)O)C(=O)C4C3CC3C(=O)C(c4ccccc4)=CC(=O)C23c2ccccc2)cc(OC)c1O. The highest BCUT2D eigenvalue weighted by atomic mass is 16.5. The summed E-state index contributed by atoms with van der Waals surface area (Å²) in [7, 11) is 2.86. The van der Waals surface area contributed by atoms with Crippen LogP contribution < -0.4 is 9.47 Å². The van der Waals surface area contributed by atoms with Crippen molar-refractivity contribution in [1.82, 2.24) is 4.90 Å². The lowest BCUT2D eigenvalue weighted by atomic mass is 9.45. The third-order valence-electron chi connectivity index (χ3n) is 11.3. The molecule has 0 aromatic heterocycles. The Hall–Kier alpha value is -5.77. The molecule has 1 heterocycles. The summed E-state index contributed by atoms with van der Waals surface area (Å²) in [5.74, 6) is -5.47. The van der Waals surface area contributed by atoms with Gasteiger partial charge >= 0.3 is 5.97 Å². The molecular weight excluding hydrogens is 662 g/mol. The van der Waals surface area contributed by atoms with E-state index in [-0.39, 0.29) is 72.9 Å². The number of likely N-dealkylation sites (tertiary alicyclic amines) is 1. The molecule has 2 amide bonds. The van der Waals surface area contributed by atoms with Gasteiger partial charge in [-0.25, -0.2) is 0 Å². The summed E-state index contributed by atoms with van der Waals surface area (Å²) in [5.41, 5.74) is 1.64. The van der Waals surface area contributed by atoms with E-state index in [4.69, 9.17) is 9.47 Å². The Morgan fingerprint density at radius 3 is 2.21 bits per heavy atom. The number of rotatable bonds is 10. The fourth-order valence-electron chi connectivity index (χ4n) is 9.01. The topological polar surface area (TPSA) is 148 Å². The third kappa shape index (κ3) is 5.53. The highest BCUT2D eigenvalue weighted by Crippen LogP contribution is 2.61. The number of benzene rings is 3. The predicted molar refractivity (Wildman–Crippen MR) is 191 cm³/mol. The number of carbonyl (C=O) groups excluding carboxylic acids is 4. The predicted octanol–water partition coefficient (Wildman–Crippen LogP) is 5.64. The van der Waals surface area contributed by atoms with Gasteiger partial charge in [-0.05, 0) is 60.1 Å². The van der Waals surface area contributed by atoms with Crippen LogP contribution in [0.4, 0.5) is 0 Å². The molecule has 7 rings (SSSR count). The Morgan fingerprint density at radius 2 is 1.58 bits per heavy atom. The van der Waals surface area contributed by atoms with Gasteiger partial charge in [-0.3, -0.25) is 28.9 Å². The molecular formula is C42H39NO9. The van der Waals surface area contributed by atoms with Crippen molar-refractivity contribution in [3.05, 3.63) is 113 Å². The monoisotopic (exact) mass is 701 g/mol. The zero-order valence-electron chi connectivity index (χ0n) is 28.9. The first-order valence-electron chi connectivity index (χ1n) is 17.4. The van der Waals surface area contributed by atoms with Crippen molar-refractivity contribution < 1.29 is 43.7 Å². The number of hydrogen-bond acceptors (Lipinski definition) is 8. The van der Waals surface area contributed by atoms with Gasteiger partial charge in [-0.2, -0.15) is 0 Å². The minimum Gasteiger partial charge on any atom is -0.502 e. The molecule has 6 unspecified atom stereocenters. The van der Waals surface area contributed by atoms with Gasteiger partial charge in [-0.15, -0.1) is 0 Å². The molecule has 266 valence electrons. The summed E-state index contributed by atoms with van der Waals surface area (Å²) in [6, 6.07) is 21.6. The van der Waals surface area contributed by atoms with Gasteiger partial charge in [-0.1, -0.05) is 84.5 Å². The van der Waals surface area contributed by atoms with Crippen LogP contribution in [0.2, 0.25) is 0 Å². The van der Waals surface area contributed by atoms with E-state index >= 15 is 4.79 Å². The standard InChI is InChI=1S/C42H39NO9/c1-51-33-20-24(21-34(52-2)39(33)48)15-18-31-27-16-17-28-37(41(50)43(40(28)49)19-9-14-36(45)46)30(27)22-32-38(47)29(25-10-5-3-6-11-25)23-35(44)42(31,32)26-12-7-4-8-13-26/h3-8,10-13,15-16,18,20-21,23,28,30-32,37,48H,9,14,17,19,22H2,1-2H3,(H,45,46). The number of carboxylic acids is 1. The number of methoxy groups -OCH3 is 2. The van der Waals surface area contributed by atoms with Gasteiger partial charge in [0.05, 0.1) is 31.5 Å². The van der Waals surface area contributed by atoms with Gasteiger partial charge < -0.3 is 19.7 Å². The molecule has 3 aliphatic carbocycles. The smallest absolute Gasteiger partial charge is 0.303 e. The van der Waals surface area contributed by atoms with Gasteiger partial charge in [0, 0.05) is 30.4 Å². The largest absolute Gasteiger partial charge is 0.502 e. The van der Waals surface area contributed by atoms with Gasteiger partial charge in [0.2, 0.25) is 17.6 Å². The van der Waals surface area contributed by atoms with Crippen LogP contribution in [0, 0.1) is 29.6 Å². The lowest BCUT2D eigenvalue weighted by molar-refractivity contribution is -0.142. The first-order valence-corrected chi connectivity index (χ1v) is 17.4. The van der Waals surface area contributed by atoms with Crippen molar-refractivity contribution in [1.29, 1.82) is 0 Å². The number of nitrogens with zero attached hydrogens (tertiary/aromatic N) is 1. The lowest BCUT2D eigenvalue weighted by Gasteiger charge is -2.54. The van der Waals surface area contributed by atoms with Crippen LogP contribution in [-0.2, 0) is 29.4 Å². The van der Waals surface area contributed by atoms with Crippen molar-refractivity contribution in [2.24, 2.45) is 29.6 Å². The summed E-state index contributed by atoms with van der Waals surface area (Å²) in [6.45, 7) is 0.00254. The van der Waals surface area contributed by atoms with E-state index in [1.165, 1.54) is 25.2 Å². The van der Waals surface area contributed by atoms with Crippen molar-refractivity contribution in [3.63, 3.8) is 0 Å². The molecule has 1 saturated heterocycles. The molecule has 10 heteroatoms. The highest BCUT2D eigenvalue weighted by Gasteiger charge is 2.65. The van der Waals surface area contributed by atoms with Gasteiger partial charge in [0.15, 0.2) is 23.1 Å². The molecule has 52 heavy (non-hydrogen) atoms. The summed E-state index contributed by atoms with van der Waals surface area (Å²) in [5, 5.41) is 19.8. The second-order valence-corrected chi connectivity index (χ2v) is 13.8. The summed E-state index contributed by atoms with van der Waals surface area (Å²) >= 11 is 0. The molecule has 3 aromatic rings. The van der Waals surface area contributed by atoms with Gasteiger partial charge in [0.1, 0.15) is 0 Å². The van der Waals surface area contributed by atoms with E-state index in [2.05, 4.69) is 0 Å². The van der Waals surface area contributed by atoms with Crippen LogP contribution in [0.5, 0.6) is 17.2 Å². The number of amides is 2. The maximum Gasteiger partial charge on any atom is 0.303 e. The first kappa shape index (κ1) is 34.7. The Balaban J connectivity index is 1.41. The molecule has 1 aliphatic heterocycles. The van der Waals surface area contributed by atoms with Crippen molar-refractivity contribution >= 4 is 41.0 Å². The molecule has 2 N–H and O–H groups in total. The van der Waals surface area contributed by atoms with Crippen LogP contribution in [0.3, 0.4) is 0 Å². The maximum atomic E-state index is 15.1. The van der Waals surface area contributed by atoms with Crippen molar-refractivity contribution in [2.45, 2.75) is 31.1 Å². The molecule has 4 aliphatic rings. The van der Waals surface area contributed by atoms with E-state index in [0.717, 1.165) is 5.57 Å². The Labute approximate surface area is 301 Å². The number of allylic oxidation sites excluding steroid dienone is 5. The zero-order chi connectivity index (χ0) is 36.7. The number of phenols is 1. The van der Waals surface area contributed by atoms with Crippen LogP contribution >= 0.6 is 0 Å². The van der Waals surface area contributed by atoms with Crippen LogP contribution in [-0.4, -0.2) is 65.2 Å². The van der Waals surface area contributed by atoms with Crippen LogP contribution in [0.25, 0.3) is 11.6 Å². The van der Waals surface area contributed by atoms with E-state index in [1.54, 1.807) is 30.3 Å². The third-order valence-corrected chi connectivity index (χ3v) is 11.3. The molecule has 0 radical (unpaired) electrons. The number of aromatic hydroxyl groups is 1. The number of imide groups is 1. The normalized spacial score (nSPS) is 26.7. The maximum absolute atomic E-state index is 15.1. The van der Waals surface area contributed by atoms with Gasteiger partial charge in [0.25, 0.3) is 0 Å². The van der Waals surface area contributed by atoms with Crippen LogP contribution in [0.15, 0.2) is 96.6 Å². The van der Waals surface area contributed by atoms with Crippen LogP contribution in [0.1, 0.15) is 42.4 Å². The van der Waals surface area contributed by atoms with Crippen molar-refractivity contribution in [2.75, 3.05) is 20.8 Å². The zero-order valence-corrected chi connectivity index (χ0v) is 28.9. The van der Waals surface area contributed by atoms with E-state index in [0.29, 0.717) is 22.3 Å². The number of aliphatic carboxylic acids is 1. The fourth-order valence-corrected chi connectivity index (χ4v) is 9.01. The molecule has 6 atom stereocenters. The Kier molecular flexibility index (Phi) is 9.16. The molecule has 2 fully saturated rings. The average molecular weight is 702 g/mol. The Bertz CT molecular complexity index is 2020. The lowest BCUT2D eigenvalue weighted by Crippen LogP contribution is -2.59. The number of ketones is 2. The van der Waals surface area contributed by atoms with E-state index < -0.39 is 41.0 Å². The molecule has 3 aromatic carbocycles. The number of phenolic OH excluding ortho intramolecular Hbond substituents is 1. The number of Topliss-reactive ketones (excluding diaryl/α,β-unsaturated/α-hetero) is 1. The number of fused-ring (bicyclic) bond motifs is 4. The summed E-state index contributed by atoms with van der Waals surface area (Å²) in [4.78, 5) is 70.3. The minimum absolute atomic E-state index is 0.00254. The Morgan fingerprint density at radius 1 is 0.923 bits per heavy atom. The van der Waals surface area contributed by atoms with E-state index in [1.807, 2.05) is 60.7 Å². The number of carbonyl (C=O) groups is 5. The number of ether oxygens (including phenoxy) is 2. The second kappa shape index (κ2) is 13.7. The fraction of sp³-hybridized carbons (Fsp3) is 0.310. The summed E-state index contributed by atoms with van der Waals surface area (Å²) < 4.78 is 10.8. The number of hydrogen-bond donors (Lipinski definition) is 2. The van der Waals surface area contributed by atoms with Crippen molar-refractivity contribution in [3.8, 4) is 17.2 Å². The molecule has 0 spiro atoms. The second-order valence-electron chi connectivity index (χ2n) is 13.8. The number of carboxylic acid groups (broad SMARTS) is 1. The molecule has 10 nitrogen and oxygen atoms in total. The molecule has 0 bridgehead atoms. The minimum atomic E-state index is -1.37. The molecule has 1 saturated carbocycles. The van der Waals surface area contributed by atoms with E-state index in [9.17, 15) is 29.4 Å². The summed E-state index contributed by atoms with van der Waals surface area (Å²) in [6.07, 6.45) is 7.54. The first-order chi connectivity index (χ1) is 25.1. The average Bonchev–Trinajstić information content (AvgIpc) is 3.40.